The van der Waals surface area contributed by atoms with Gasteiger partial charge in [0, 0.05) is 24.3 Å². The fraction of sp³-hybridized carbons (Fsp3) is 0.417. The number of nitrogens with two attached hydrogens (primary N) is 1. The first kappa shape index (κ1) is 14.3. The van der Waals surface area contributed by atoms with Gasteiger partial charge in [0.25, 0.3) is 0 Å². The van der Waals surface area contributed by atoms with E-state index in [1.54, 1.807) is 31.2 Å². The van der Waals surface area contributed by atoms with Crippen LogP contribution in [0.3, 0.4) is 0 Å². The molecule has 0 fully saturated rings. The minimum atomic E-state index is -4.31. The SMILES string of the molecule is CCN(C(=O)CCC(F)(F)F)c1ccc(N)cc1. The van der Waals surface area contributed by atoms with Crippen LogP contribution in [0.2, 0.25) is 0 Å². The maximum atomic E-state index is 12.1. The van der Waals surface area contributed by atoms with Crippen LogP contribution in [0, 0.1) is 0 Å². The molecule has 1 rings (SSSR count). The minimum Gasteiger partial charge on any atom is -0.399 e. The summed E-state index contributed by atoms with van der Waals surface area (Å²) in [6.45, 7) is 2.03. The van der Waals surface area contributed by atoms with Crippen LogP contribution in [0.25, 0.3) is 0 Å². The highest BCUT2D eigenvalue weighted by Crippen LogP contribution is 2.23. The van der Waals surface area contributed by atoms with Crippen LogP contribution in [0.15, 0.2) is 24.3 Å². The molecule has 0 aliphatic carbocycles. The van der Waals surface area contributed by atoms with E-state index < -0.39 is 24.9 Å². The zero-order chi connectivity index (χ0) is 13.8. The first-order chi connectivity index (χ1) is 8.33. The summed E-state index contributed by atoms with van der Waals surface area (Å²) >= 11 is 0. The zero-order valence-corrected chi connectivity index (χ0v) is 10.00. The molecule has 100 valence electrons. The van der Waals surface area contributed by atoms with Crippen molar-refractivity contribution in [2.75, 3.05) is 17.2 Å². The number of anilines is 2. The lowest BCUT2D eigenvalue weighted by Gasteiger charge is -2.21. The Balaban J connectivity index is 2.71. The smallest absolute Gasteiger partial charge is 0.389 e. The fourth-order valence-corrected chi connectivity index (χ4v) is 1.54. The average Bonchev–Trinajstić information content (AvgIpc) is 2.29. The van der Waals surface area contributed by atoms with E-state index in [0.717, 1.165) is 0 Å². The molecule has 0 aliphatic rings. The van der Waals surface area contributed by atoms with Crippen molar-refractivity contribution in [2.45, 2.75) is 25.9 Å². The number of hydrogen-bond donors (Lipinski definition) is 1. The number of alkyl halides is 3. The summed E-state index contributed by atoms with van der Waals surface area (Å²) in [6, 6.07) is 6.44. The van der Waals surface area contributed by atoms with Crippen LogP contribution < -0.4 is 10.6 Å². The number of carbonyl (C=O) groups is 1. The summed E-state index contributed by atoms with van der Waals surface area (Å²) < 4.78 is 36.2. The third kappa shape index (κ3) is 4.27. The van der Waals surface area contributed by atoms with Crippen molar-refractivity contribution in [3.8, 4) is 0 Å². The van der Waals surface area contributed by atoms with Crippen LogP contribution in [-0.2, 0) is 4.79 Å². The van der Waals surface area contributed by atoms with Gasteiger partial charge in [0.05, 0.1) is 6.42 Å². The van der Waals surface area contributed by atoms with Crippen molar-refractivity contribution in [3.05, 3.63) is 24.3 Å². The van der Waals surface area contributed by atoms with Gasteiger partial charge in [0.2, 0.25) is 5.91 Å². The number of hydrogen-bond acceptors (Lipinski definition) is 2. The normalized spacial score (nSPS) is 11.3. The van der Waals surface area contributed by atoms with Gasteiger partial charge in [-0.1, -0.05) is 0 Å². The average molecular weight is 260 g/mol. The van der Waals surface area contributed by atoms with E-state index in [9.17, 15) is 18.0 Å². The second kappa shape index (κ2) is 5.75. The van der Waals surface area contributed by atoms with Gasteiger partial charge in [0.1, 0.15) is 0 Å². The topological polar surface area (TPSA) is 46.3 Å². The quantitative estimate of drug-likeness (QED) is 0.846. The first-order valence-corrected chi connectivity index (χ1v) is 5.56. The zero-order valence-electron chi connectivity index (χ0n) is 10.00. The van der Waals surface area contributed by atoms with Crippen molar-refractivity contribution in [3.63, 3.8) is 0 Å². The number of benzene rings is 1. The van der Waals surface area contributed by atoms with E-state index in [-0.39, 0.29) is 0 Å². The van der Waals surface area contributed by atoms with Crippen LogP contribution in [0.5, 0.6) is 0 Å². The Kier molecular flexibility index (Phi) is 4.58. The standard InChI is InChI=1S/C12H15F3N2O/c1-2-17(10-5-3-9(16)4-6-10)11(18)7-8-12(13,14)15/h3-6H,2,7-8,16H2,1H3. The molecule has 0 saturated carbocycles. The van der Waals surface area contributed by atoms with E-state index in [2.05, 4.69) is 0 Å². The molecular formula is C12H15F3N2O. The molecular weight excluding hydrogens is 245 g/mol. The molecule has 0 aromatic heterocycles. The van der Waals surface area contributed by atoms with E-state index >= 15 is 0 Å². The molecule has 0 aliphatic heterocycles. The molecule has 6 heteroatoms. The largest absolute Gasteiger partial charge is 0.399 e. The van der Waals surface area contributed by atoms with Gasteiger partial charge >= 0.3 is 6.18 Å². The molecule has 0 bridgehead atoms. The van der Waals surface area contributed by atoms with Gasteiger partial charge < -0.3 is 10.6 Å². The second-order valence-corrected chi connectivity index (χ2v) is 3.84. The maximum absolute atomic E-state index is 12.1. The number of rotatable bonds is 4. The molecule has 2 N–H and O–H groups in total. The van der Waals surface area contributed by atoms with Crippen molar-refractivity contribution in [1.29, 1.82) is 0 Å². The first-order valence-electron chi connectivity index (χ1n) is 5.56. The predicted octanol–water partition coefficient (Wildman–Crippen LogP) is 2.96. The Hall–Kier alpha value is -1.72. The number of nitrogens with zero attached hydrogens (tertiary/aromatic N) is 1. The summed E-state index contributed by atoms with van der Waals surface area (Å²) in [5, 5.41) is 0. The third-order valence-corrected chi connectivity index (χ3v) is 2.44. The molecule has 0 radical (unpaired) electrons. The Morgan fingerprint density at radius 1 is 1.28 bits per heavy atom. The molecule has 0 heterocycles. The lowest BCUT2D eigenvalue weighted by atomic mass is 10.2. The third-order valence-electron chi connectivity index (χ3n) is 2.44. The number of nitrogen functional groups attached to an aromatic ring is 1. The monoisotopic (exact) mass is 260 g/mol. The Morgan fingerprint density at radius 3 is 2.28 bits per heavy atom. The van der Waals surface area contributed by atoms with Crippen molar-refractivity contribution in [1.82, 2.24) is 0 Å². The summed E-state index contributed by atoms with van der Waals surface area (Å²) in [7, 11) is 0. The molecule has 1 aromatic rings. The molecule has 1 aromatic carbocycles. The molecule has 0 atom stereocenters. The Morgan fingerprint density at radius 2 is 1.83 bits per heavy atom. The molecule has 0 spiro atoms. The number of halogens is 3. The van der Waals surface area contributed by atoms with E-state index in [1.165, 1.54) is 4.90 Å². The fourth-order valence-electron chi connectivity index (χ4n) is 1.54. The van der Waals surface area contributed by atoms with E-state index in [4.69, 9.17) is 5.73 Å². The van der Waals surface area contributed by atoms with Crippen LogP contribution in [0.4, 0.5) is 24.5 Å². The molecule has 0 saturated heterocycles. The lowest BCUT2D eigenvalue weighted by Crippen LogP contribution is -2.31. The van der Waals surface area contributed by atoms with Gasteiger partial charge in [-0.25, -0.2) is 0 Å². The predicted molar refractivity (Wildman–Crippen MR) is 64.2 cm³/mol. The van der Waals surface area contributed by atoms with Gasteiger partial charge in [-0.15, -0.1) is 0 Å². The number of carbonyl (C=O) groups excluding carboxylic acids is 1. The lowest BCUT2D eigenvalue weighted by molar-refractivity contribution is -0.143. The summed E-state index contributed by atoms with van der Waals surface area (Å²) in [6.07, 6.45) is -5.95. The van der Waals surface area contributed by atoms with E-state index in [1.807, 2.05) is 0 Å². The Bertz CT molecular complexity index is 401. The molecule has 3 nitrogen and oxygen atoms in total. The number of amides is 1. The minimum absolute atomic E-state index is 0.320. The summed E-state index contributed by atoms with van der Waals surface area (Å²) in [5.74, 6) is -0.542. The van der Waals surface area contributed by atoms with E-state index in [0.29, 0.717) is 17.9 Å². The van der Waals surface area contributed by atoms with Gasteiger partial charge in [0.15, 0.2) is 0 Å². The highest BCUT2D eigenvalue weighted by Gasteiger charge is 2.29. The van der Waals surface area contributed by atoms with Crippen LogP contribution in [-0.4, -0.2) is 18.6 Å². The van der Waals surface area contributed by atoms with Gasteiger partial charge in [-0.2, -0.15) is 13.2 Å². The molecule has 18 heavy (non-hydrogen) atoms. The maximum Gasteiger partial charge on any atom is 0.389 e. The summed E-state index contributed by atoms with van der Waals surface area (Å²) in [4.78, 5) is 13.0. The van der Waals surface area contributed by atoms with Crippen LogP contribution >= 0.6 is 0 Å². The summed E-state index contributed by atoms with van der Waals surface area (Å²) in [5.41, 5.74) is 6.60. The molecule has 1 amide bonds. The van der Waals surface area contributed by atoms with Crippen molar-refractivity contribution >= 4 is 17.3 Å². The van der Waals surface area contributed by atoms with Gasteiger partial charge in [-0.05, 0) is 31.2 Å². The highest BCUT2D eigenvalue weighted by molar-refractivity contribution is 5.93. The van der Waals surface area contributed by atoms with Crippen LogP contribution in [0.1, 0.15) is 19.8 Å². The van der Waals surface area contributed by atoms with Crippen molar-refractivity contribution in [2.24, 2.45) is 0 Å². The highest BCUT2D eigenvalue weighted by atomic mass is 19.4. The van der Waals surface area contributed by atoms with Gasteiger partial charge in [-0.3, -0.25) is 4.79 Å². The second-order valence-electron chi connectivity index (χ2n) is 3.84. The Labute approximate surface area is 103 Å². The molecule has 0 unspecified atom stereocenters. The van der Waals surface area contributed by atoms with Crippen molar-refractivity contribution < 1.29 is 18.0 Å².